The highest BCUT2D eigenvalue weighted by Crippen LogP contribution is 2.34. The Morgan fingerprint density at radius 1 is 1.60 bits per heavy atom. The van der Waals surface area contributed by atoms with Crippen molar-refractivity contribution in [1.82, 2.24) is 0 Å². The van der Waals surface area contributed by atoms with Gasteiger partial charge in [-0.3, -0.25) is 9.50 Å². The van der Waals surface area contributed by atoms with E-state index in [2.05, 4.69) is 10.2 Å². The minimum absolute atomic E-state index is 0.784. The second-order valence-corrected chi connectivity index (χ2v) is 6.88. The smallest absolute Gasteiger partial charge is 0.0840 e. The molecule has 0 radical (unpaired) electrons. The summed E-state index contributed by atoms with van der Waals surface area (Å²) in [5, 5.41) is 16.0. The molecule has 1 aliphatic rings. The number of hydrogen-bond donors (Lipinski definition) is 2. The van der Waals surface area contributed by atoms with Gasteiger partial charge in [0.1, 0.15) is 0 Å². The van der Waals surface area contributed by atoms with Crippen molar-refractivity contribution in [1.29, 1.82) is 0 Å². The molecule has 86 valence electrons. The Morgan fingerprint density at radius 3 is 2.47 bits per heavy atom. The van der Waals surface area contributed by atoms with Crippen molar-refractivity contribution in [2.75, 3.05) is 7.05 Å². The molecule has 0 heterocycles. The Labute approximate surface area is 92.5 Å². The summed E-state index contributed by atoms with van der Waals surface area (Å²) in [5.41, 5.74) is 1.30. The van der Waals surface area contributed by atoms with Gasteiger partial charge in [-0.1, -0.05) is 15.2 Å². The molecular weight excluding hydrogens is 208 g/mol. The van der Waals surface area contributed by atoms with Crippen molar-refractivity contribution in [3.05, 3.63) is 22.1 Å². The molecule has 0 fully saturated rings. The summed E-state index contributed by atoms with van der Waals surface area (Å²) in [6.45, 7) is 5.58. The first-order chi connectivity index (χ1) is 6.68. The van der Waals surface area contributed by atoms with Crippen LogP contribution in [0.1, 0.15) is 27.2 Å². The van der Waals surface area contributed by atoms with Crippen LogP contribution in [0.2, 0.25) is 0 Å². The number of hydrogen-bond acceptors (Lipinski definition) is 2. The molecular formula is C11H20N2OS. The van der Waals surface area contributed by atoms with E-state index in [9.17, 15) is 5.11 Å². The van der Waals surface area contributed by atoms with E-state index in [0.29, 0.717) is 0 Å². The summed E-state index contributed by atoms with van der Waals surface area (Å²) in [5.74, 6) is 3.94. The predicted molar refractivity (Wildman–Crippen MR) is 68.7 cm³/mol. The molecule has 0 aromatic carbocycles. The summed E-state index contributed by atoms with van der Waals surface area (Å²) >= 11 is 0. The average molecular weight is 228 g/mol. The Balaban J connectivity index is 3.16. The Kier molecular flexibility index (Phi) is 3.14. The van der Waals surface area contributed by atoms with Crippen LogP contribution in [0, 0.1) is 0 Å². The molecule has 3 nitrogen and oxygen atoms in total. The summed E-state index contributed by atoms with van der Waals surface area (Å²) in [6, 6.07) is 0. The molecule has 0 saturated heterocycles. The van der Waals surface area contributed by atoms with E-state index < -0.39 is 15.2 Å². The Bertz CT molecular complexity index is 444. The van der Waals surface area contributed by atoms with E-state index in [4.69, 9.17) is 5.14 Å². The van der Waals surface area contributed by atoms with Crippen molar-refractivity contribution in [2.24, 2.45) is 9.50 Å². The second kappa shape index (κ2) is 3.77. The topological polar surface area (TPSA) is 58.6 Å². The standard InChI is InChI=1S/C11H20N2OS/c1-8-6-9(15(5,12)13-4)7-10(8)11(2,3)14/h7,14H,5-6H2,1-4H3,(H2,12,13). The average Bonchev–Trinajstić information content (AvgIpc) is 2.47. The zero-order valence-electron chi connectivity index (χ0n) is 9.87. The largest absolute Gasteiger partial charge is 0.386 e. The van der Waals surface area contributed by atoms with E-state index in [1.807, 2.05) is 13.0 Å². The maximum Gasteiger partial charge on any atom is 0.0840 e. The van der Waals surface area contributed by atoms with Crippen LogP contribution in [0.25, 0.3) is 0 Å². The van der Waals surface area contributed by atoms with Gasteiger partial charge in [-0.15, -0.1) is 0 Å². The van der Waals surface area contributed by atoms with Crippen molar-refractivity contribution in [2.45, 2.75) is 32.8 Å². The van der Waals surface area contributed by atoms with Crippen LogP contribution >= 0.6 is 0 Å². The monoisotopic (exact) mass is 228 g/mol. The molecule has 0 bridgehead atoms. The molecule has 1 rings (SSSR count). The molecule has 0 aliphatic heterocycles. The van der Waals surface area contributed by atoms with E-state index >= 15 is 0 Å². The molecule has 3 N–H and O–H groups in total. The van der Waals surface area contributed by atoms with Crippen LogP contribution in [-0.4, -0.2) is 23.6 Å². The zero-order valence-corrected chi connectivity index (χ0v) is 10.7. The molecule has 4 heteroatoms. The lowest BCUT2D eigenvalue weighted by Gasteiger charge is -2.18. The normalized spacial score (nSPS) is 21.3. The summed E-state index contributed by atoms with van der Waals surface area (Å²) < 4.78 is 4.13. The van der Waals surface area contributed by atoms with Crippen molar-refractivity contribution in [3.63, 3.8) is 0 Å². The Hall–Kier alpha value is -0.580. The van der Waals surface area contributed by atoms with Gasteiger partial charge in [0, 0.05) is 18.4 Å². The first-order valence-corrected chi connectivity index (χ1v) is 6.69. The molecule has 0 aromatic heterocycles. The van der Waals surface area contributed by atoms with Gasteiger partial charge in [-0.2, -0.15) is 0 Å². The highest BCUT2D eigenvalue weighted by Gasteiger charge is 2.26. The highest BCUT2D eigenvalue weighted by molar-refractivity contribution is 8.03. The number of nitrogens with zero attached hydrogens (tertiary/aromatic N) is 1. The summed E-state index contributed by atoms with van der Waals surface area (Å²) in [6.07, 6.45) is 2.75. The first-order valence-electron chi connectivity index (χ1n) is 4.87. The third-order valence-electron chi connectivity index (χ3n) is 2.64. The van der Waals surface area contributed by atoms with Gasteiger partial charge in [0.15, 0.2) is 0 Å². The molecule has 1 unspecified atom stereocenters. The summed E-state index contributed by atoms with van der Waals surface area (Å²) in [4.78, 5) is 1.04. The fourth-order valence-corrected chi connectivity index (χ4v) is 2.76. The maximum atomic E-state index is 9.96. The molecule has 0 aromatic rings. The van der Waals surface area contributed by atoms with Gasteiger partial charge in [-0.05, 0) is 38.3 Å². The zero-order chi connectivity index (χ0) is 11.9. The predicted octanol–water partition coefficient (Wildman–Crippen LogP) is 1.63. The summed E-state index contributed by atoms with van der Waals surface area (Å²) in [7, 11) is -0.0457. The lowest BCUT2D eigenvalue weighted by Crippen LogP contribution is -2.21. The highest BCUT2D eigenvalue weighted by atomic mass is 32.2. The molecule has 15 heavy (non-hydrogen) atoms. The lowest BCUT2D eigenvalue weighted by molar-refractivity contribution is 0.123. The third-order valence-corrected chi connectivity index (χ3v) is 4.47. The van der Waals surface area contributed by atoms with Crippen LogP contribution in [0.5, 0.6) is 0 Å². The molecule has 1 aliphatic carbocycles. The van der Waals surface area contributed by atoms with Crippen LogP contribution in [0.15, 0.2) is 26.5 Å². The van der Waals surface area contributed by atoms with Crippen LogP contribution < -0.4 is 5.14 Å². The van der Waals surface area contributed by atoms with E-state index in [-0.39, 0.29) is 0 Å². The van der Waals surface area contributed by atoms with Crippen LogP contribution in [0.3, 0.4) is 0 Å². The Morgan fingerprint density at radius 2 is 2.13 bits per heavy atom. The van der Waals surface area contributed by atoms with E-state index in [0.717, 1.165) is 22.5 Å². The number of allylic oxidation sites excluding steroid dienone is 2. The van der Waals surface area contributed by atoms with Gasteiger partial charge in [-0.25, -0.2) is 0 Å². The fourth-order valence-electron chi connectivity index (χ4n) is 1.73. The maximum absolute atomic E-state index is 9.96. The van der Waals surface area contributed by atoms with Crippen molar-refractivity contribution < 1.29 is 5.11 Å². The van der Waals surface area contributed by atoms with Gasteiger partial charge in [0.05, 0.1) is 5.60 Å². The molecule has 0 saturated carbocycles. The number of rotatable bonds is 2. The number of nitrogens with two attached hydrogens (primary N) is 1. The first kappa shape index (κ1) is 12.5. The fraction of sp³-hybridized carbons (Fsp3) is 0.545. The minimum atomic E-state index is -1.74. The quantitative estimate of drug-likeness (QED) is 0.706. The van der Waals surface area contributed by atoms with E-state index in [1.54, 1.807) is 20.9 Å². The van der Waals surface area contributed by atoms with Gasteiger partial charge in [0.25, 0.3) is 0 Å². The number of aliphatic hydroxyl groups is 1. The lowest BCUT2D eigenvalue weighted by atomic mass is 9.96. The van der Waals surface area contributed by atoms with Gasteiger partial charge < -0.3 is 5.11 Å². The van der Waals surface area contributed by atoms with Gasteiger partial charge in [0.2, 0.25) is 0 Å². The SMILES string of the molecule is C=S(N)(=NC)C1=CC(C(C)(C)O)=C(C)C1. The second-order valence-electron chi connectivity index (χ2n) is 4.48. The molecule has 0 amide bonds. The van der Waals surface area contributed by atoms with Crippen molar-refractivity contribution >= 4 is 15.5 Å². The minimum Gasteiger partial charge on any atom is -0.386 e. The van der Waals surface area contributed by atoms with Crippen LogP contribution in [0.4, 0.5) is 0 Å². The van der Waals surface area contributed by atoms with Crippen molar-refractivity contribution in [3.8, 4) is 0 Å². The van der Waals surface area contributed by atoms with E-state index in [1.165, 1.54) is 0 Å². The third kappa shape index (κ3) is 2.51. The molecule has 0 spiro atoms. The van der Waals surface area contributed by atoms with Crippen LogP contribution in [-0.2, 0) is 9.60 Å². The van der Waals surface area contributed by atoms with Gasteiger partial charge >= 0.3 is 0 Å². The molecule has 1 atom stereocenters.